The van der Waals surface area contributed by atoms with Crippen molar-refractivity contribution in [1.82, 2.24) is 10.3 Å². The largest absolute Gasteiger partial charge is 0.493 e. The molecule has 1 saturated heterocycles. The summed E-state index contributed by atoms with van der Waals surface area (Å²) in [5.74, 6) is 1.57. The van der Waals surface area contributed by atoms with Crippen LogP contribution < -0.4 is 14.9 Å². The van der Waals surface area contributed by atoms with Crippen molar-refractivity contribution in [3.63, 3.8) is 0 Å². The fourth-order valence-electron chi connectivity index (χ4n) is 3.36. The molecule has 1 amide bonds. The van der Waals surface area contributed by atoms with E-state index in [-0.39, 0.29) is 5.91 Å². The third-order valence-electron chi connectivity index (χ3n) is 5.13. The molecule has 0 spiro atoms. The topological polar surface area (TPSA) is 63.2 Å². The van der Waals surface area contributed by atoms with E-state index >= 15 is 0 Å². The van der Waals surface area contributed by atoms with Gasteiger partial charge in [0.15, 0.2) is 11.5 Å². The van der Waals surface area contributed by atoms with Crippen LogP contribution >= 0.6 is 11.3 Å². The van der Waals surface area contributed by atoms with Gasteiger partial charge in [0.1, 0.15) is 6.61 Å². The number of piperidine rings is 1. The number of nitrogens with one attached hydrogen (secondary N) is 1. The van der Waals surface area contributed by atoms with Crippen molar-refractivity contribution >= 4 is 23.5 Å². The number of thiophene rings is 1. The van der Waals surface area contributed by atoms with Crippen LogP contribution in [0.4, 0.5) is 0 Å². The van der Waals surface area contributed by atoms with Gasteiger partial charge < -0.3 is 9.47 Å². The Labute approximate surface area is 182 Å². The maximum atomic E-state index is 12.2. The average Bonchev–Trinajstić information content (AvgIpc) is 3.26. The van der Waals surface area contributed by atoms with Crippen LogP contribution in [0.2, 0.25) is 0 Å². The number of hydrazone groups is 1. The van der Waals surface area contributed by atoms with Gasteiger partial charge in [-0.2, -0.15) is 5.10 Å². The lowest BCUT2D eigenvalue weighted by molar-refractivity contribution is 0.0955. The van der Waals surface area contributed by atoms with Gasteiger partial charge >= 0.3 is 0 Å². The van der Waals surface area contributed by atoms with Crippen molar-refractivity contribution in [3.8, 4) is 11.5 Å². The minimum absolute atomic E-state index is 0.209. The molecule has 1 fully saturated rings. The second-order valence-corrected chi connectivity index (χ2v) is 8.70. The van der Waals surface area contributed by atoms with Gasteiger partial charge in [-0.3, -0.25) is 9.69 Å². The number of amides is 1. The van der Waals surface area contributed by atoms with Crippen LogP contribution in [0.25, 0.3) is 0 Å². The molecule has 0 bridgehead atoms. The first-order valence-electron chi connectivity index (χ1n) is 10.5. The number of hydrogen-bond acceptors (Lipinski definition) is 6. The smallest absolute Gasteiger partial charge is 0.272 e. The fourth-order valence-corrected chi connectivity index (χ4v) is 4.26. The first-order chi connectivity index (χ1) is 14.6. The minimum Gasteiger partial charge on any atom is -0.493 e. The molecular weight excluding hydrogens is 398 g/mol. The van der Waals surface area contributed by atoms with Gasteiger partial charge in [0.25, 0.3) is 5.91 Å². The maximum absolute atomic E-state index is 12.2. The molecule has 162 valence electrons. The maximum Gasteiger partial charge on any atom is 0.272 e. The third-order valence-corrected chi connectivity index (χ3v) is 6.37. The number of methoxy groups -OCH3 is 1. The molecular formula is C23H31N3O3S. The van der Waals surface area contributed by atoms with Crippen LogP contribution in [-0.4, -0.2) is 50.4 Å². The molecule has 0 radical (unpaired) electrons. The van der Waals surface area contributed by atoms with E-state index in [2.05, 4.69) is 29.3 Å². The zero-order valence-electron chi connectivity index (χ0n) is 18.0. The Morgan fingerprint density at radius 2 is 2.03 bits per heavy atom. The molecule has 2 aromatic rings. The minimum atomic E-state index is -0.209. The molecule has 1 aromatic heterocycles. The molecule has 0 aliphatic carbocycles. The Morgan fingerprint density at radius 1 is 1.23 bits per heavy atom. The van der Waals surface area contributed by atoms with Crippen LogP contribution in [0.3, 0.4) is 0 Å². The molecule has 30 heavy (non-hydrogen) atoms. The summed E-state index contributed by atoms with van der Waals surface area (Å²) in [7, 11) is 1.62. The zero-order chi connectivity index (χ0) is 21.3. The van der Waals surface area contributed by atoms with Crippen LogP contribution in [0.15, 0.2) is 34.7 Å². The van der Waals surface area contributed by atoms with Gasteiger partial charge in [0.05, 0.1) is 18.9 Å². The summed E-state index contributed by atoms with van der Waals surface area (Å²) in [6, 6.07) is 7.55. The van der Waals surface area contributed by atoms with E-state index in [1.54, 1.807) is 24.7 Å². The van der Waals surface area contributed by atoms with Crippen LogP contribution in [-0.2, 0) is 0 Å². The summed E-state index contributed by atoms with van der Waals surface area (Å²) in [6.07, 6.45) is 5.49. The number of ether oxygens (including phenoxy) is 2. The molecule has 2 heterocycles. The van der Waals surface area contributed by atoms with Crippen LogP contribution in [0.1, 0.15) is 59.8 Å². The summed E-state index contributed by atoms with van der Waals surface area (Å²) in [5, 5.41) is 5.94. The highest BCUT2D eigenvalue weighted by Crippen LogP contribution is 2.27. The SMILES string of the molecule is COc1cc(/C=N\NC(=O)c2csc(C(C)C)c2)ccc1OCCN1CCCCC1. The molecule has 6 nitrogen and oxygen atoms in total. The van der Waals surface area contributed by atoms with Crippen molar-refractivity contribution in [3.05, 3.63) is 45.6 Å². The predicted molar refractivity (Wildman–Crippen MR) is 122 cm³/mol. The monoisotopic (exact) mass is 429 g/mol. The second kappa shape index (κ2) is 11.1. The molecule has 7 heteroatoms. The standard InChI is InChI=1S/C23H31N3O3S/c1-17(2)22-14-19(16-30-22)23(27)25-24-15-18-7-8-20(21(13-18)28-3)29-12-11-26-9-5-4-6-10-26/h7-8,13-17H,4-6,9-12H2,1-3H3,(H,25,27)/b24-15-. The van der Waals surface area contributed by atoms with E-state index in [0.29, 0.717) is 23.8 Å². The Kier molecular flexibility index (Phi) is 8.28. The van der Waals surface area contributed by atoms with Crippen LogP contribution in [0.5, 0.6) is 11.5 Å². The van der Waals surface area contributed by atoms with E-state index in [4.69, 9.17) is 9.47 Å². The lowest BCUT2D eigenvalue weighted by Crippen LogP contribution is -2.33. The quantitative estimate of drug-likeness (QED) is 0.471. The van der Waals surface area contributed by atoms with Gasteiger partial charge in [-0.15, -0.1) is 11.3 Å². The zero-order valence-corrected chi connectivity index (χ0v) is 18.8. The Balaban J connectivity index is 1.52. The second-order valence-electron chi connectivity index (χ2n) is 7.75. The van der Waals surface area contributed by atoms with E-state index < -0.39 is 0 Å². The molecule has 1 N–H and O–H groups in total. The number of rotatable bonds is 9. The summed E-state index contributed by atoms with van der Waals surface area (Å²) in [6.45, 7) is 8.11. The number of carbonyl (C=O) groups is 1. The Hall–Kier alpha value is -2.38. The summed E-state index contributed by atoms with van der Waals surface area (Å²) >= 11 is 1.59. The van der Waals surface area contributed by atoms with Gasteiger partial charge in [-0.1, -0.05) is 20.3 Å². The Morgan fingerprint density at radius 3 is 2.73 bits per heavy atom. The fraction of sp³-hybridized carbons (Fsp3) is 0.478. The summed E-state index contributed by atoms with van der Waals surface area (Å²) in [5.41, 5.74) is 4.04. The van der Waals surface area contributed by atoms with Crippen molar-refractivity contribution < 1.29 is 14.3 Å². The lowest BCUT2D eigenvalue weighted by atomic mass is 10.1. The van der Waals surface area contributed by atoms with Crippen LogP contribution in [0, 0.1) is 0 Å². The first kappa shape index (κ1) is 22.3. The summed E-state index contributed by atoms with van der Waals surface area (Å²) < 4.78 is 11.4. The van der Waals surface area contributed by atoms with E-state index in [1.807, 2.05) is 29.6 Å². The molecule has 1 aliphatic heterocycles. The van der Waals surface area contributed by atoms with E-state index in [0.717, 1.165) is 30.9 Å². The molecule has 0 saturated carbocycles. The highest BCUT2D eigenvalue weighted by molar-refractivity contribution is 7.10. The van der Waals surface area contributed by atoms with Gasteiger partial charge in [-0.25, -0.2) is 5.43 Å². The van der Waals surface area contributed by atoms with Crippen molar-refractivity contribution in [2.45, 2.75) is 39.0 Å². The first-order valence-corrected chi connectivity index (χ1v) is 11.4. The number of nitrogens with zero attached hydrogens (tertiary/aromatic N) is 2. The number of carbonyl (C=O) groups excluding carboxylic acids is 1. The third kappa shape index (κ3) is 6.31. The molecule has 3 rings (SSSR count). The van der Waals surface area contributed by atoms with Crippen molar-refractivity contribution in [1.29, 1.82) is 0 Å². The Bertz CT molecular complexity index is 857. The molecule has 0 atom stereocenters. The van der Waals surface area contributed by atoms with E-state index in [1.165, 1.54) is 24.1 Å². The van der Waals surface area contributed by atoms with Gasteiger partial charge in [-0.05, 0) is 61.7 Å². The molecule has 0 unspecified atom stereocenters. The van der Waals surface area contributed by atoms with Gasteiger partial charge in [0, 0.05) is 16.8 Å². The predicted octanol–water partition coefficient (Wildman–Crippen LogP) is 4.51. The number of benzene rings is 1. The highest BCUT2D eigenvalue weighted by Gasteiger charge is 2.12. The van der Waals surface area contributed by atoms with Crippen molar-refractivity contribution in [2.24, 2.45) is 5.10 Å². The number of hydrogen-bond donors (Lipinski definition) is 1. The molecule has 1 aliphatic rings. The average molecular weight is 430 g/mol. The van der Waals surface area contributed by atoms with E-state index in [9.17, 15) is 4.79 Å². The number of likely N-dealkylation sites (tertiary alicyclic amines) is 1. The van der Waals surface area contributed by atoms with Crippen molar-refractivity contribution in [2.75, 3.05) is 33.4 Å². The van der Waals surface area contributed by atoms with Gasteiger partial charge in [0.2, 0.25) is 0 Å². The lowest BCUT2D eigenvalue weighted by Gasteiger charge is -2.26. The normalized spacial score (nSPS) is 14.9. The highest BCUT2D eigenvalue weighted by atomic mass is 32.1. The summed E-state index contributed by atoms with van der Waals surface area (Å²) in [4.78, 5) is 15.9. The molecule has 1 aromatic carbocycles.